The number of amides is 2. The third kappa shape index (κ3) is 5.02. The number of para-hydroxylation sites is 1. The van der Waals surface area contributed by atoms with Crippen molar-refractivity contribution in [1.29, 1.82) is 0 Å². The van der Waals surface area contributed by atoms with Gasteiger partial charge in [0.2, 0.25) is 11.8 Å². The van der Waals surface area contributed by atoms with Crippen molar-refractivity contribution in [2.45, 2.75) is 18.6 Å². The van der Waals surface area contributed by atoms with Gasteiger partial charge in [-0.05, 0) is 24.6 Å². The predicted octanol–water partition coefficient (Wildman–Crippen LogP) is 5.37. The lowest BCUT2D eigenvalue weighted by Crippen LogP contribution is -2.42. The maximum atomic E-state index is 15.2. The zero-order chi connectivity index (χ0) is 25.8. The second-order valence-electron chi connectivity index (χ2n) is 8.74. The first-order valence-electron chi connectivity index (χ1n) is 12.2. The Kier molecular flexibility index (Phi) is 7.37. The van der Waals surface area contributed by atoms with Crippen LogP contribution in [0.25, 0.3) is 16.9 Å². The molecule has 1 N–H and O–H groups in total. The monoisotopic (exact) mass is 514 g/mol. The fourth-order valence-electron chi connectivity index (χ4n) is 4.47. The average Bonchev–Trinajstić information content (AvgIpc) is 3.26. The second kappa shape index (κ2) is 11.0. The van der Waals surface area contributed by atoms with Crippen molar-refractivity contribution in [2.75, 3.05) is 23.7 Å². The zero-order valence-corrected chi connectivity index (χ0v) is 21.2. The molecule has 1 unspecified atom stereocenters. The molecule has 0 saturated heterocycles. The molecule has 37 heavy (non-hydrogen) atoms. The molecule has 1 atom stereocenters. The molecule has 8 heteroatoms. The van der Waals surface area contributed by atoms with Crippen LogP contribution in [0.15, 0.2) is 84.9 Å². The van der Waals surface area contributed by atoms with Gasteiger partial charge in [0.1, 0.15) is 18.2 Å². The molecule has 2 amide bonds. The number of aromatic nitrogens is 2. The molecule has 0 radical (unpaired) electrons. The molecule has 0 bridgehead atoms. The van der Waals surface area contributed by atoms with E-state index < -0.39 is 5.25 Å². The number of benzene rings is 3. The van der Waals surface area contributed by atoms with Crippen LogP contribution in [0.4, 0.5) is 10.2 Å². The molecule has 4 aromatic rings. The number of hydrogen-bond donors (Lipinski definition) is 1. The lowest BCUT2D eigenvalue weighted by molar-refractivity contribution is -0.122. The van der Waals surface area contributed by atoms with Gasteiger partial charge in [-0.15, -0.1) is 11.8 Å². The number of carbonyl (C=O) groups is 2. The summed E-state index contributed by atoms with van der Waals surface area (Å²) in [6.07, 6.45) is 0.788. The van der Waals surface area contributed by atoms with E-state index in [9.17, 15) is 9.59 Å². The van der Waals surface area contributed by atoms with E-state index in [1.54, 1.807) is 22.9 Å². The number of halogens is 1. The van der Waals surface area contributed by atoms with Gasteiger partial charge in [-0.3, -0.25) is 14.5 Å². The van der Waals surface area contributed by atoms with Crippen molar-refractivity contribution >= 4 is 29.4 Å². The Morgan fingerprint density at radius 3 is 2.41 bits per heavy atom. The van der Waals surface area contributed by atoms with Crippen LogP contribution in [-0.2, 0) is 9.59 Å². The van der Waals surface area contributed by atoms with Gasteiger partial charge in [0.25, 0.3) is 0 Å². The quantitative estimate of drug-likeness (QED) is 0.360. The number of thioether (sulfide) groups is 1. The van der Waals surface area contributed by atoms with Crippen LogP contribution in [0.5, 0.6) is 0 Å². The second-order valence-corrected chi connectivity index (χ2v) is 9.84. The van der Waals surface area contributed by atoms with E-state index in [4.69, 9.17) is 5.10 Å². The molecule has 3 aromatic carbocycles. The molecule has 0 fully saturated rings. The lowest BCUT2D eigenvalue weighted by Gasteiger charge is -2.23. The van der Waals surface area contributed by atoms with Crippen molar-refractivity contribution in [2.24, 2.45) is 0 Å². The van der Waals surface area contributed by atoms with Gasteiger partial charge in [-0.2, -0.15) is 5.10 Å². The maximum Gasteiger partial charge on any atom is 0.240 e. The topological polar surface area (TPSA) is 67.2 Å². The van der Waals surface area contributed by atoms with E-state index in [1.807, 2.05) is 67.6 Å². The van der Waals surface area contributed by atoms with Crippen LogP contribution in [0.3, 0.4) is 0 Å². The van der Waals surface area contributed by atoms with Gasteiger partial charge in [-0.25, -0.2) is 9.07 Å². The van der Waals surface area contributed by atoms with Gasteiger partial charge in [0, 0.05) is 23.2 Å². The zero-order valence-electron chi connectivity index (χ0n) is 20.4. The first kappa shape index (κ1) is 24.8. The Morgan fingerprint density at radius 2 is 1.70 bits per heavy atom. The van der Waals surface area contributed by atoms with Crippen molar-refractivity contribution in [3.8, 4) is 16.9 Å². The summed E-state index contributed by atoms with van der Waals surface area (Å²) in [4.78, 5) is 27.9. The van der Waals surface area contributed by atoms with E-state index >= 15 is 4.39 Å². The summed E-state index contributed by atoms with van der Waals surface area (Å²) in [5.74, 6) is -0.248. The predicted molar refractivity (Wildman–Crippen MR) is 145 cm³/mol. The minimum absolute atomic E-state index is 0.0950. The van der Waals surface area contributed by atoms with Crippen LogP contribution in [0.2, 0.25) is 0 Å². The van der Waals surface area contributed by atoms with Crippen LogP contribution in [0, 0.1) is 5.82 Å². The van der Waals surface area contributed by atoms with Gasteiger partial charge in [0.15, 0.2) is 0 Å². The molecule has 5 rings (SSSR count). The van der Waals surface area contributed by atoms with Crippen molar-refractivity contribution < 1.29 is 14.0 Å². The Balaban J connectivity index is 1.79. The Morgan fingerprint density at radius 1 is 1.03 bits per heavy atom. The van der Waals surface area contributed by atoms with Crippen LogP contribution < -0.4 is 10.2 Å². The van der Waals surface area contributed by atoms with E-state index in [0.717, 1.165) is 17.7 Å². The molecule has 0 saturated carbocycles. The molecule has 6 nitrogen and oxygen atoms in total. The number of anilines is 1. The number of rotatable bonds is 7. The molecular formula is C29H27FN4O2S. The lowest BCUT2D eigenvalue weighted by atomic mass is 9.99. The van der Waals surface area contributed by atoms with Gasteiger partial charge in [0.05, 0.1) is 22.4 Å². The van der Waals surface area contributed by atoms with E-state index in [1.165, 1.54) is 22.7 Å². The first-order valence-corrected chi connectivity index (χ1v) is 13.3. The van der Waals surface area contributed by atoms with Crippen molar-refractivity contribution in [1.82, 2.24) is 15.1 Å². The van der Waals surface area contributed by atoms with E-state index in [0.29, 0.717) is 29.2 Å². The highest BCUT2D eigenvalue weighted by Crippen LogP contribution is 2.48. The smallest absolute Gasteiger partial charge is 0.240 e. The first-order chi connectivity index (χ1) is 18.1. The minimum Gasteiger partial charge on any atom is -0.355 e. The van der Waals surface area contributed by atoms with Crippen LogP contribution in [-0.4, -0.2) is 40.4 Å². The molecule has 1 aliphatic heterocycles. The summed E-state index contributed by atoms with van der Waals surface area (Å²) in [5, 5.41) is 7.36. The molecule has 188 valence electrons. The number of nitrogens with zero attached hydrogens (tertiary/aromatic N) is 3. The van der Waals surface area contributed by atoms with Gasteiger partial charge in [-0.1, -0.05) is 73.7 Å². The third-order valence-electron chi connectivity index (χ3n) is 6.20. The van der Waals surface area contributed by atoms with E-state index in [2.05, 4.69) is 5.32 Å². The third-order valence-corrected chi connectivity index (χ3v) is 7.44. The van der Waals surface area contributed by atoms with Gasteiger partial charge >= 0.3 is 0 Å². The summed E-state index contributed by atoms with van der Waals surface area (Å²) in [6, 6.07) is 25.8. The van der Waals surface area contributed by atoms with Gasteiger partial charge < -0.3 is 5.32 Å². The summed E-state index contributed by atoms with van der Waals surface area (Å²) in [7, 11) is 0. The molecule has 1 aliphatic rings. The number of carbonyl (C=O) groups excluding carboxylic acids is 2. The Bertz CT molecular complexity index is 1410. The number of nitrogens with one attached hydrogen (secondary N) is 1. The summed E-state index contributed by atoms with van der Waals surface area (Å²) in [5.41, 5.74) is 3.42. The molecule has 2 heterocycles. The van der Waals surface area contributed by atoms with E-state index in [-0.39, 0.29) is 29.9 Å². The minimum atomic E-state index is -0.503. The molecule has 1 aromatic heterocycles. The fourth-order valence-corrected chi connectivity index (χ4v) is 5.69. The number of fused-ring (bicyclic) bond motifs is 1. The number of hydrogen-bond acceptors (Lipinski definition) is 4. The summed E-state index contributed by atoms with van der Waals surface area (Å²) < 4.78 is 16.9. The van der Waals surface area contributed by atoms with Crippen LogP contribution in [0.1, 0.15) is 29.7 Å². The maximum absolute atomic E-state index is 15.2. The normalized spacial score (nSPS) is 15.2. The Hall–Kier alpha value is -3.91. The summed E-state index contributed by atoms with van der Waals surface area (Å²) >= 11 is 1.35. The van der Waals surface area contributed by atoms with Crippen LogP contribution >= 0.6 is 11.8 Å². The highest BCUT2D eigenvalue weighted by atomic mass is 32.2. The SMILES string of the molecule is CCCNC(=O)CN1C(=O)CSC(c2ccccc2F)c2c(-c3ccccc3)nn(-c3ccccc3)c21. The molecule has 0 aliphatic carbocycles. The standard InChI is InChI=1S/C29H27FN4O2S/c1-2-17-31-24(35)18-33-25(36)19-37-28(22-15-9-10-16-23(22)30)26-27(20-11-5-3-6-12-20)32-34(29(26)33)21-13-7-4-8-14-21/h3-16,28H,2,17-19H2,1H3,(H,31,35). The fraction of sp³-hybridized carbons (Fsp3) is 0.207. The molecule has 0 spiro atoms. The highest BCUT2D eigenvalue weighted by Gasteiger charge is 2.38. The van der Waals surface area contributed by atoms with Crippen molar-refractivity contribution in [3.05, 3.63) is 102 Å². The Labute approximate surface area is 219 Å². The van der Waals surface area contributed by atoms with Crippen molar-refractivity contribution in [3.63, 3.8) is 0 Å². The average molecular weight is 515 g/mol. The largest absolute Gasteiger partial charge is 0.355 e. The summed E-state index contributed by atoms with van der Waals surface area (Å²) in [6.45, 7) is 2.35. The molecular weight excluding hydrogens is 487 g/mol. The highest BCUT2D eigenvalue weighted by molar-refractivity contribution is 8.00.